The summed E-state index contributed by atoms with van der Waals surface area (Å²) < 4.78 is 11.5. The van der Waals surface area contributed by atoms with E-state index in [1.807, 2.05) is 35.7 Å². The molecule has 1 aromatic carbocycles. The Balaban J connectivity index is 1.42. The third kappa shape index (κ3) is 5.60. The van der Waals surface area contributed by atoms with E-state index in [4.69, 9.17) is 14.5 Å². The normalized spacial score (nSPS) is 18.5. The van der Waals surface area contributed by atoms with Crippen molar-refractivity contribution in [3.63, 3.8) is 0 Å². The minimum absolute atomic E-state index is 0.0896. The smallest absolute Gasteiger partial charge is 0.259 e. The number of carbonyl (C=O) groups excluding carboxylic acids is 1. The van der Waals surface area contributed by atoms with Crippen LogP contribution in [0.25, 0.3) is 10.9 Å². The van der Waals surface area contributed by atoms with Crippen molar-refractivity contribution in [2.24, 2.45) is 5.92 Å². The SMILES string of the molecule is CC(=O)N1CCC(COc2cc(C)c3c(=O)[nH]c(CSC4CCOCC4)nc3c2)CC1. The van der Waals surface area contributed by atoms with Gasteiger partial charge in [-0.1, -0.05) is 0 Å². The Kier molecular flexibility index (Phi) is 7.17. The van der Waals surface area contributed by atoms with Gasteiger partial charge < -0.3 is 19.4 Å². The Morgan fingerprint density at radius 2 is 2.00 bits per heavy atom. The molecule has 3 heterocycles. The molecule has 7 nitrogen and oxygen atoms in total. The van der Waals surface area contributed by atoms with Gasteiger partial charge in [0.1, 0.15) is 11.6 Å². The van der Waals surface area contributed by atoms with E-state index in [1.54, 1.807) is 6.92 Å². The highest BCUT2D eigenvalue weighted by Gasteiger charge is 2.21. The fraction of sp³-hybridized carbons (Fsp3) is 0.609. The molecule has 0 atom stereocenters. The number of ether oxygens (including phenoxy) is 2. The van der Waals surface area contributed by atoms with Crippen molar-refractivity contribution in [2.45, 2.75) is 50.5 Å². The number of H-pyrrole nitrogens is 1. The molecule has 0 bridgehead atoms. The van der Waals surface area contributed by atoms with Gasteiger partial charge in [0.2, 0.25) is 5.91 Å². The molecule has 1 aromatic heterocycles. The molecular formula is C23H31N3O4S. The molecule has 0 radical (unpaired) electrons. The van der Waals surface area contributed by atoms with Crippen molar-refractivity contribution in [2.75, 3.05) is 32.9 Å². The van der Waals surface area contributed by atoms with Crippen LogP contribution in [-0.2, 0) is 15.3 Å². The van der Waals surface area contributed by atoms with Gasteiger partial charge in [0.15, 0.2) is 0 Å². The quantitative estimate of drug-likeness (QED) is 0.735. The number of aromatic nitrogens is 2. The molecule has 0 aliphatic carbocycles. The van der Waals surface area contributed by atoms with Gasteiger partial charge in [-0.2, -0.15) is 11.8 Å². The lowest BCUT2D eigenvalue weighted by atomic mass is 9.98. The highest BCUT2D eigenvalue weighted by Crippen LogP contribution is 2.27. The number of fused-ring (bicyclic) bond motifs is 1. The number of hydrogen-bond acceptors (Lipinski definition) is 6. The first kappa shape index (κ1) is 22.1. The molecule has 31 heavy (non-hydrogen) atoms. The molecule has 168 valence electrons. The van der Waals surface area contributed by atoms with Crippen molar-refractivity contribution in [1.82, 2.24) is 14.9 Å². The fourth-order valence-electron chi connectivity index (χ4n) is 4.31. The molecule has 1 N–H and O–H groups in total. The summed E-state index contributed by atoms with van der Waals surface area (Å²) in [7, 11) is 0. The lowest BCUT2D eigenvalue weighted by molar-refractivity contribution is -0.130. The average Bonchev–Trinajstić information content (AvgIpc) is 2.77. The second-order valence-electron chi connectivity index (χ2n) is 8.53. The van der Waals surface area contributed by atoms with E-state index in [2.05, 4.69) is 4.98 Å². The first-order valence-corrected chi connectivity index (χ1v) is 12.2. The Hall–Kier alpha value is -2.06. The highest BCUT2D eigenvalue weighted by atomic mass is 32.2. The van der Waals surface area contributed by atoms with Crippen LogP contribution in [0, 0.1) is 12.8 Å². The highest BCUT2D eigenvalue weighted by molar-refractivity contribution is 7.99. The van der Waals surface area contributed by atoms with Gasteiger partial charge in [0.05, 0.1) is 23.3 Å². The second kappa shape index (κ2) is 10.0. The van der Waals surface area contributed by atoms with Crippen LogP contribution in [0.15, 0.2) is 16.9 Å². The van der Waals surface area contributed by atoms with Crippen LogP contribution in [0.2, 0.25) is 0 Å². The Morgan fingerprint density at radius 3 is 2.71 bits per heavy atom. The molecule has 2 aliphatic heterocycles. The number of nitrogens with zero attached hydrogens (tertiary/aromatic N) is 2. The topological polar surface area (TPSA) is 84.5 Å². The van der Waals surface area contributed by atoms with Crippen molar-refractivity contribution >= 4 is 28.6 Å². The van der Waals surface area contributed by atoms with Gasteiger partial charge in [-0.15, -0.1) is 0 Å². The Labute approximate surface area is 186 Å². The number of amides is 1. The lowest BCUT2D eigenvalue weighted by Gasteiger charge is -2.31. The lowest BCUT2D eigenvalue weighted by Crippen LogP contribution is -2.38. The molecule has 0 spiro atoms. The summed E-state index contributed by atoms with van der Waals surface area (Å²) in [6.07, 6.45) is 4.01. The summed E-state index contributed by atoms with van der Waals surface area (Å²) in [6, 6.07) is 3.80. The molecule has 0 saturated carbocycles. The molecule has 2 aromatic rings. The predicted molar refractivity (Wildman–Crippen MR) is 123 cm³/mol. The molecule has 2 fully saturated rings. The number of rotatable bonds is 6. The fourth-order valence-corrected chi connectivity index (χ4v) is 5.36. The van der Waals surface area contributed by atoms with Crippen LogP contribution < -0.4 is 10.3 Å². The van der Waals surface area contributed by atoms with Crippen LogP contribution in [0.5, 0.6) is 5.75 Å². The zero-order valence-corrected chi connectivity index (χ0v) is 19.1. The van der Waals surface area contributed by atoms with E-state index in [9.17, 15) is 9.59 Å². The predicted octanol–water partition coefficient (Wildman–Crippen LogP) is 3.28. The maximum Gasteiger partial charge on any atom is 0.259 e. The zero-order chi connectivity index (χ0) is 21.8. The van der Waals surface area contributed by atoms with Crippen molar-refractivity contribution in [3.8, 4) is 5.75 Å². The summed E-state index contributed by atoms with van der Waals surface area (Å²) in [4.78, 5) is 33.8. The summed E-state index contributed by atoms with van der Waals surface area (Å²) in [5.74, 6) is 2.73. The maximum atomic E-state index is 12.7. The molecule has 2 saturated heterocycles. The van der Waals surface area contributed by atoms with Gasteiger partial charge in [0, 0.05) is 44.5 Å². The van der Waals surface area contributed by atoms with E-state index >= 15 is 0 Å². The summed E-state index contributed by atoms with van der Waals surface area (Å²) in [6.45, 7) is 7.39. The van der Waals surface area contributed by atoms with Crippen LogP contribution in [-0.4, -0.2) is 58.9 Å². The second-order valence-corrected chi connectivity index (χ2v) is 9.82. The first-order valence-electron chi connectivity index (χ1n) is 11.1. The van der Waals surface area contributed by atoms with Gasteiger partial charge in [-0.3, -0.25) is 9.59 Å². The number of aryl methyl sites for hydroxylation is 1. The minimum atomic E-state index is -0.0896. The van der Waals surface area contributed by atoms with E-state index in [1.165, 1.54) is 0 Å². The zero-order valence-electron chi connectivity index (χ0n) is 18.3. The molecular weight excluding hydrogens is 414 g/mol. The van der Waals surface area contributed by atoms with Crippen LogP contribution in [0.4, 0.5) is 0 Å². The van der Waals surface area contributed by atoms with Gasteiger partial charge in [-0.05, 0) is 50.2 Å². The van der Waals surface area contributed by atoms with Crippen molar-refractivity contribution < 1.29 is 14.3 Å². The Morgan fingerprint density at radius 1 is 1.26 bits per heavy atom. The largest absolute Gasteiger partial charge is 0.493 e. The van der Waals surface area contributed by atoms with E-state index < -0.39 is 0 Å². The van der Waals surface area contributed by atoms with E-state index in [0.29, 0.717) is 40.3 Å². The number of thioether (sulfide) groups is 1. The molecule has 1 amide bonds. The standard InChI is InChI=1S/C23H31N3O4S/c1-15-11-18(30-13-17-3-7-26(8-4-17)16(2)27)12-20-22(15)23(28)25-21(24-20)14-31-19-5-9-29-10-6-19/h11-12,17,19H,3-10,13-14H2,1-2H3,(H,24,25,28). The molecule has 0 unspecified atom stereocenters. The van der Waals surface area contributed by atoms with Gasteiger partial charge in [-0.25, -0.2) is 4.98 Å². The van der Waals surface area contributed by atoms with Gasteiger partial charge >= 0.3 is 0 Å². The number of benzene rings is 1. The van der Waals surface area contributed by atoms with E-state index in [0.717, 1.165) is 63.3 Å². The van der Waals surface area contributed by atoms with Crippen LogP contribution in [0.1, 0.15) is 44.0 Å². The van der Waals surface area contributed by atoms with E-state index in [-0.39, 0.29) is 11.5 Å². The first-order chi connectivity index (χ1) is 15.0. The maximum absolute atomic E-state index is 12.7. The van der Waals surface area contributed by atoms with Crippen molar-refractivity contribution in [3.05, 3.63) is 33.9 Å². The van der Waals surface area contributed by atoms with Crippen LogP contribution >= 0.6 is 11.8 Å². The molecule has 8 heteroatoms. The summed E-state index contributed by atoms with van der Waals surface area (Å²) in [5, 5.41) is 1.18. The average molecular weight is 446 g/mol. The third-order valence-electron chi connectivity index (χ3n) is 6.20. The number of piperidine rings is 1. The van der Waals surface area contributed by atoms with Crippen molar-refractivity contribution in [1.29, 1.82) is 0 Å². The number of likely N-dealkylation sites (tertiary alicyclic amines) is 1. The number of carbonyl (C=O) groups is 1. The van der Waals surface area contributed by atoms with Crippen LogP contribution in [0.3, 0.4) is 0 Å². The summed E-state index contributed by atoms with van der Waals surface area (Å²) in [5.41, 5.74) is 1.47. The number of nitrogens with one attached hydrogen (secondary N) is 1. The van der Waals surface area contributed by atoms with Gasteiger partial charge in [0.25, 0.3) is 5.56 Å². The Bertz CT molecular complexity index is 979. The summed E-state index contributed by atoms with van der Waals surface area (Å²) >= 11 is 1.84. The molecule has 2 aliphatic rings. The monoisotopic (exact) mass is 445 g/mol. The minimum Gasteiger partial charge on any atom is -0.493 e. The number of aromatic amines is 1. The third-order valence-corrected chi connectivity index (χ3v) is 7.58. The number of hydrogen-bond donors (Lipinski definition) is 1. The molecule has 4 rings (SSSR count).